The van der Waals surface area contributed by atoms with E-state index in [4.69, 9.17) is 5.84 Å². The minimum Gasteiger partial charge on any atom is -0.269 e. The molecule has 0 aromatic carbocycles. The fourth-order valence-electron chi connectivity index (χ4n) is 0.576. The van der Waals surface area contributed by atoms with E-state index in [0.717, 1.165) is 6.54 Å². The van der Waals surface area contributed by atoms with Crippen molar-refractivity contribution in [3.8, 4) is 0 Å². The van der Waals surface area contributed by atoms with E-state index in [1.54, 1.807) is 5.01 Å². The van der Waals surface area contributed by atoms with Gasteiger partial charge in [-0.3, -0.25) is 5.84 Å². The van der Waals surface area contributed by atoms with E-state index in [0.29, 0.717) is 5.92 Å². The Balaban J connectivity index is 2.95. The van der Waals surface area contributed by atoms with Crippen LogP contribution < -0.4 is 5.84 Å². The summed E-state index contributed by atoms with van der Waals surface area (Å²) in [6.07, 6.45) is 0. The van der Waals surface area contributed by atoms with E-state index in [2.05, 4.69) is 13.8 Å². The number of hydrogen-bond acceptors (Lipinski definition) is 2. The first kappa shape index (κ1) is 6.92. The van der Waals surface area contributed by atoms with Crippen LogP contribution in [0.3, 0.4) is 0 Å². The van der Waals surface area contributed by atoms with Crippen molar-refractivity contribution in [2.45, 2.75) is 13.8 Å². The van der Waals surface area contributed by atoms with Crippen LogP contribution in [0, 0.1) is 5.92 Å². The molecule has 0 fully saturated rings. The van der Waals surface area contributed by atoms with Gasteiger partial charge in [-0.25, -0.2) is 5.01 Å². The van der Waals surface area contributed by atoms with Gasteiger partial charge in [-0.15, -0.1) is 0 Å². The lowest BCUT2D eigenvalue weighted by Crippen LogP contribution is -2.29. The first-order valence-corrected chi connectivity index (χ1v) is 2.58. The highest BCUT2D eigenvalue weighted by Crippen LogP contribution is 1.89. The maximum atomic E-state index is 5.33. The Morgan fingerprint density at radius 3 is 2.00 bits per heavy atom. The molecule has 0 heterocycles. The fraction of sp³-hybridized carbons (Fsp3) is 1.00. The minimum atomic E-state index is 0.676. The number of hydrogen-bond donors (Lipinski definition) is 1. The molecule has 0 atom stereocenters. The summed E-state index contributed by atoms with van der Waals surface area (Å²) in [5.41, 5.74) is 0. The molecule has 0 saturated carbocycles. The van der Waals surface area contributed by atoms with Crippen molar-refractivity contribution in [3.63, 3.8) is 0 Å². The van der Waals surface area contributed by atoms with Crippen LogP contribution >= 0.6 is 0 Å². The molecule has 0 aliphatic carbocycles. The van der Waals surface area contributed by atoms with E-state index in [1.165, 1.54) is 0 Å². The smallest absolute Gasteiger partial charge is 0.0148 e. The van der Waals surface area contributed by atoms with Crippen molar-refractivity contribution < 1.29 is 0 Å². The lowest BCUT2D eigenvalue weighted by molar-refractivity contribution is 0.306. The van der Waals surface area contributed by atoms with Gasteiger partial charge in [-0.2, -0.15) is 0 Å². The van der Waals surface area contributed by atoms with Gasteiger partial charge in [-0.05, 0) is 5.92 Å². The van der Waals surface area contributed by atoms with Crippen LogP contribution in [0.15, 0.2) is 0 Å². The fourth-order valence-corrected chi connectivity index (χ4v) is 0.576. The van der Waals surface area contributed by atoms with Crippen LogP contribution in [0.4, 0.5) is 0 Å². The van der Waals surface area contributed by atoms with Crippen molar-refractivity contribution in [3.05, 3.63) is 0 Å². The van der Waals surface area contributed by atoms with Crippen molar-refractivity contribution in [1.82, 2.24) is 5.01 Å². The molecule has 0 aromatic rings. The Morgan fingerprint density at radius 1 is 1.57 bits per heavy atom. The molecule has 0 spiro atoms. The van der Waals surface area contributed by atoms with Gasteiger partial charge in [0.25, 0.3) is 0 Å². The molecule has 0 radical (unpaired) electrons. The highest BCUT2D eigenvalue weighted by Gasteiger charge is 1.92. The van der Waals surface area contributed by atoms with Crippen LogP contribution in [0.1, 0.15) is 13.8 Å². The van der Waals surface area contributed by atoms with Crippen molar-refractivity contribution >= 4 is 0 Å². The van der Waals surface area contributed by atoms with Crippen LogP contribution in [-0.4, -0.2) is 18.6 Å². The number of rotatable bonds is 2. The molecule has 0 aliphatic heterocycles. The Kier molecular flexibility index (Phi) is 2.96. The van der Waals surface area contributed by atoms with Gasteiger partial charge >= 0.3 is 0 Å². The molecule has 2 heteroatoms. The molecule has 0 aliphatic rings. The maximum absolute atomic E-state index is 5.33. The first-order valence-electron chi connectivity index (χ1n) is 2.58. The third kappa shape index (κ3) is 5.92. The van der Waals surface area contributed by atoms with E-state index >= 15 is 0 Å². The highest BCUT2D eigenvalue weighted by molar-refractivity contribution is 4.44. The van der Waals surface area contributed by atoms with Gasteiger partial charge in [-0.1, -0.05) is 13.8 Å². The molecule has 7 heavy (non-hydrogen) atoms. The Hall–Kier alpha value is -0.0800. The summed E-state index contributed by atoms with van der Waals surface area (Å²) < 4.78 is 0. The van der Waals surface area contributed by atoms with Gasteiger partial charge in [0.2, 0.25) is 0 Å². The normalized spacial score (nSPS) is 11.1. The predicted octanol–water partition coefficient (Wildman–Crippen LogP) is 0.448. The SMILES string of the molecule is CC(C)CN(C)N. The van der Waals surface area contributed by atoms with E-state index in [1.807, 2.05) is 7.05 Å². The minimum absolute atomic E-state index is 0.676. The highest BCUT2D eigenvalue weighted by atomic mass is 15.4. The molecule has 0 amide bonds. The quantitative estimate of drug-likeness (QED) is 0.405. The zero-order chi connectivity index (χ0) is 5.86. The Labute approximate surface area is 45.3 Å². The van der Waals surface area contributed by atoms with Gasteiger partial charge in [0.15, 0.2) is 0 Å². The van der Waals surface area contributed by atoms with Gasteiger partial charge in [0, 0.05) is 13.6 Å². The second-order valence-corrected chi connectivity index (χ2v) is 2.33. The van der Waals surface area contributed by atoms with Gasteiger partial charge < -0.3 is 0 Å². The second-order valence-electron chi connectivity index (χ2n) is 2.33. The third-order valence-corrected chi connectivity index (χ3v) is 0.653. The molecular weight excluding hydrogens is 88.1 g/mol. The zero-order valence-corrected chi connectivity index (χ0v) is 5.31. The lowest BCUT2D eigenvalue weighted by Gasteiger charge is -2.10. The number of nitrogens with zero attached hydrogens (tertiary/aromatic N) is 1. The summed E-state index contributed by atoms with van der Waals surface area (Å²) in [4.78, 5) is 0. The molecule has 2 nitrogen and oxygen atoms in total. The maximum Gasteiger partial charge on any atom is 0.0148 e. The summed E-state index contributed by atoms with van der Waals surface area (Å²) in [5, 5.41) is 1.70. The van der Waals surface area contributed by atoms with E-state index in [-0.39, 0.29) is 0 Å². The molecule has 0 saturated heterocycles. The average molecular weight is 102 g/mol. The van der Waals surface area contributed by atoms with Gasteiger partial charge in [0.1, 0.15) is 0 Å². The molecular formula is C5H14N2. The lowest BCUT2D eigenvalue weighted by atomic mass is 10.2. The van der Waals surface area contributed by atoms with Crippen LogP contribution in [0.25, 0.3) is 0 Å². The van der Waals surface area contributed by atoms with Crippen LogP contribution in [0.5, 0.6) is 0 Å². The Bertz CT molecular complexity index is 35.3. The zero-order valence-electron chi connectivity index (χ0n) is 5.31. The second kappa shape index (κ2) is 2.99. The molecule has 0 bridgehead atoms. The molecule has 2 N–H and O–H groups in total. The predicted molar refractivity (Wildman–Crippen MR) is 31.7 cm³/mol. The summed E-state index contributed by atoms with van der Waals surface area (Å²) in [7, 11) is 1.88. The summed E-state index contributed by atoms with van der Waals surface area (Å²) in [6, 6.07) is 0. The third-order valence-electron chi connectivity index (χ3n) is 0.653. The summed E-state index contributed by atoms with van der Waals surface area (Å²) in [6.45, 7) is 5.26. The molecule has 0 aromatic heterocycles. The van der Waals surface area contributed by atoms with Crippen molar-refractivity contribution in [1.29, 1.82) is 0 Å². The molecule has 0 rings (SSSR count). The van der Waals surface area contributed by atoms with Gasteiger partial charge in [0.05, 0.1) is 0 Å². The monoisotopic (exact) mass is 102 g/mol. The van der Waals surface area contributed by atoms with Crippen molar-refractivity contribution in [2.24, 2.45) is 11.8 Å². The van der Waals surface area contributed by atoms with E-state index < -0.39 is 0 Å². The summed E-state index contributed by atoms with van der Waals surface area (Å²) in [5.74, 6) is 6.00. The number of nitrogens with two attached hydrogens (primary N) is 1. The largest absolute Gasteiger partial charge is 0.269 e. The average Bonchev–Trinajstić information content (AvgIpc) is 1.27. The molecule has 44 valence electrons. The van der Waals surface area contributed by atoms with Crippen molar-refractivity contribution in [2.75, 3.05) is 13.6 Å². The van der Waals surface area contributed by atoms with Crippen LogP contribution in [0.2, 0.25) is 0 Å². The van der Waals surface area contributed by atoms with E-state index in [9.17, 15) is 0 Å². The van der Waals surface area contributed by atoms with Crippen LogP contribution in [-0.2, 0) is 0 Å². The number of hydrazine groups is 1. The standard InChI is InChI=1S/C5H14N2/c1-5(2)4-7(3)6/h5H,4,6H2,1-3H3. The topological polar surface area (TPSA) is 29.3 Å². The first-order chi connectivity index (χ1) is 3.13. The Morgan fingerprint density at radius 2 is 2.00 bits per heavy atom. The summed E-state index contributed by atoms with van der Waals surface area (Å²) >= 11 is 0. The molecule has 0 unspecified atom stereocenters.